The van der Waals surface area contributed by atoms with Crippen LogP contribution in [0.4, 0.5) is 0 Å². The van der Waals surface area contributed by atoms with Gasteiger partial charge in [0.25, 0.3) is 11.8 Å². The van der Waals surface area contributed by atoms with Gasteiger partial charge in [-0.2, -0.15) is 0 Å². The summed E-state index contributed by atoms with van der Waals surface area (Å²) in [6.45, 7) is 8.39. The minimum absolute atomic E-state index is 0.0573. The van der Waals surface area contributed by atoms with Gasteiger partial charge in [-0.05, 0) is 47.4 Å². The fourth-order valence-corrected chi connectivity index (χ4v) is 4.86. The number of furan rings is 1. The van der Waals surface area contributed by atoms with Gasteiger partial charge in [-0.15, -0.1) is 0 Å². The van der Waals surface area contributed by atoms with Crippen LogP contribution in [0.15, 0.2) is 75.8 Å². The van der Waals surface area contributed by atoms with Crippen molar-refractivity contribution in [3.05, 3.63) is 88.3 Å². The highest BCUT2D eigenvalue weighted by Gasteiger charge is 2.28. The summed E-state index contributed by atoms with van der Waals surface area (Å²) in [7, 11) is 0. The third-order valence-corrected chi connectivity index (χ3v) is 7.13. The number of hydrogen-bond donors (Lipinski definition) is 0. The Morgan fingerprint density at radius 1 is 0.889 bits per heavy atom. The van der Waals surface area contributed by atoms with Crippen molar-refractivity contribution >= 4 is 38.6 Å². The highest BCUT2D eigenvalue weighted by Crippen LogP contribution is 2.30. The molecule has 0 atom stereocenters. The van der Waals surface area contributed by atoms with Gasteiger partial charge in [-0.25, -0.2) is 4.98 Å². The van der Waals surface area contributed by atoms with Gasteiger partial charge in [0.05, 0.1) is 23.0 Å². The third-order valence-electron chi connectivity index (χ3n) is 6.63. The third kappa shape index (κ3) is 4.80. The van der Waals surface area contributed by atoms with Crippen LogP contribution in [-0.4, -0.2) is 52.8 Å². The molecule has 1 aliphatic heterocycles. The maximum atomic E-state index is 13.8. The van der Waals surface area contributed by atoms with E-state index in [1.165, 1.54) is 11.8 Å². The van der Waals surface area contributed by atoms with Gasteiger partial charge in [0.1, 0.15) is 0 Å². The molecule has 0 bridgehead atoms. The lowest BCUT2D eigenvalue weighted by molar-refractivity contribution is 0.0519. The Morgan fingerprint density at radius 3 is 2.17 bits per heavy atom. The molecule has 2 aromatic heterocycles. The SMILES string of the molecule is CC(C)(C)c1ccc(-c2cc(C(=O)N3CCN(C(=O)c4ccco4)CC3)c3cc(Br)ccc3n2)cc1. The standard InChI is InChI=1S/C29H28BrN3O3/c1-29(2,3)20-8-6-19(7-9-20)25-18-23(22-17-21(30)10-11-24(22)31-25)27(34)32-12-14-33(15-13-32)28(35)26-5-4-16-36-26/h4-11,16-18H,12-15H2,1-3H3. The summed E-state index contributed by atoms with van der Waals surface area (Å²) in [5.74, 6) is 0.117. The lowest BCUT2D eigenvalue weighted by atomic mass is 9.86. The van der Waals surface area contributed by atoms with Crippen LogP contribution in [0.25, 0.3) is 22.2 Å². The highest BCUT2D eigenvalue weighted by molar-refractivity contribution is 9.10. The Balaban J connectivity index is 1.44. The van der Waals surface area contributed by atoms with Crippen molar-refractivity contribution in [1.82, 2.24) is 14.8 Å². The Labute approximate surface area is 219 Å². The molecule has 0 aliphatic carbocycles. The molecule has 184 valence electrons. The molecule has 0 unspecified atom stereocenters. The number of carbonyl (C=O) groups is 2. The van der Waals surface area contributed by atoms with E-state index in [0.29, 0.717) is 37.5 Å². The molecule has 2 aromatic carbocycles. The second-order valence-corrected chi connectivity index (χ2v) is 11.0. The molecule has 0 saturated carbocycles. The van der Waals surface area contributed by atoms with E-state index >= 15 is 0 Å². The minimum Gasteiger partial charge on any atom is -0.459 e. The average Bonchev–Trinajstić information content (AvgIpc) is 3.42. The summed E-state index contributed by atoms with van der Waals surface area (Å²) in [6, 6.07) is 19.5. The zero-order valence-corrected chi connectivity index (χ0v) is 22.2. The van der Waals surface area contributed by atoms with Crippen molar-refractivity contribution < 1.29 is 14.0 Å². The quantitative estimate of drug-likeness (QED) is 0.309. The first-order valence-corrected chi connectivity index (χ1v) is 12.8. The van der Waals surface area contributed by atoms with Gasteiger partial charge in [0.2, 0.25) is 0 Å². The summed E-state index contributed by atoms with van der Waals surface area (Å²) in [5.41, 5.74) is 4.42. The number of benzene rings is 2. The summed E-state index contributed by atoms with van der Waals surface area (Å²) >= 11 is 3.54. The largest absolute Gasteiger partial charge is 0.459 e. The van der Waals surface area contributed by atoms with Gasteiger partial charge in [0, 0.05) is 41.6 Å². The summed E-state index contributed by atoms with van der Waals surface area (Å²) < 4.78 is 6.14. The maximum absolute atomic E-state index is 13.8. The van der Waals surface area contributed by atoms with Crippen LogP contribution >= 0.6 is 15.9 Å². The fraction of sp³-hybridized carbons (Fsp3) is 0.276. The van der Waals surface area contributed by atoms with E-state index in [0.717, 1.165) is 26.6 Å². The van der Waals surface area contributed by atoms with Crippen molar-refractivity contribution in [2.75, 3.05) is 26.2 Å². The number of halogens is 1. The molecule has 36 heavy (non-hydrogen) atoms. The van der Waals surface area contributed by atoms with Crippen molar-refractivity contribution in [2.45, 2.75) is 26.2 Å². The maximum Gasteiger partial charge on any atom is 0.289 e. The zero-order chi connectivity index (χ0) is 25.4. The van der Waals surface area contributed by atoms with Crippen LogP contribution in [-0.2, 0) is 5.41 Å². The van der Waals surface area contributed by atoms with Crippen molar-refractivity contribution in [1.29, 1.82) is 0 Å². The molecule has 1 saturated heterocycles. The lowest BCUT2D eigenvalue weighted by Gasteiger charge is -2.34. The van der Waals surface area contributed by atoms with Crippen LogP contribution in [0.2, 0.25) is 0 Å². The first-order valence-electron chi connectivity index (χ1n) is 12.0. The van der Waals surface area contributed by atoms with E-state index in [4.69, 9.17) is 9.40 Å². The second-order valence-electron chi connectivity index (χ2n) is 10.1. The topological polar surface area (TPSA) is 66.7 Å². The molecule has 3 heterocycles. The van der Waals surface area contributed by atoms with Gasteiger partial charge in [-0.3, -0.25) is 9.59 Å². The van der Waals surface area contributed by atoms with E-state index in [9.17, 15) is 9.59 Å². The van der Waals surface area contributed by atoms with Crippen molar-refractivity contribution in [3.63, 3.8) is 0 Å². The summed E-state index contributed by atoms with van der Waals surface area (Å²) in [4.78, 5) is 34.8. The molecule has 0 radical (unpaired) electrons. The monoisotopic (exact) mass is 545 g/mol. The lowest BCUT2D eigenvalue weighted by Crippen LogP contribution is -2.50. The molecule has 1 fully saturated rings. The van der Waals surface area contributed by atoms with Gasteiger partial charge < -0.3 is 14.2 Å². The smallest absolute Gasteiger partial charge is 0.289 e. The van der Waals surface area contributed by atoms with Crippen LogP contribution < -0.4 is 0 Å². The predicted octanol–water partition coefficient (Wildman–Crippen LogP) is 6.15. The first-order chi connectivity index (χ1) is 17.2. The zero-order valence-electron chi connectivity index (χ0n) is 20.6. The van der Waals surface area contributed by atoms with E-state index in [-0.39, 0.29) is 17.2 Å². The van der Waals surface area contributed by atoms with Crippen molar-refractivity contribution in [2.24, 2.45) is 0 Å². The molecule has 0 spiro atoms. The summed E-state index contributed by atoms with van der Waals surface area (Å²) in [6.07, 6.45) is 1.49. The highest BCUT2D eigenvalue weighted by atomic mass is 79.9. The number of piperazine rings is 1. The molecule has 5 rings (SSSR count). The normalized spacial score (nSPS) is 14.3. The van der Waals surface area contributed by atoms with Gasteiger partial charge >= 0.3 is 0 Å². The molecule has 0 N–H and O–H groups in total. The Kier molecular flexibility index (Phi) is 6.43. The molecule has 4 aromatic rings. The van der Waals surface area contributed by atoms with Crippen molar-refractivity contribution in [3.8, 4) is 11.3 Å². The van der Waals surface area contributed by atoms with E-state index in [2.05, 4.69) is 61.0 Å². The Hall–Kier alpha value is -3.45. The number of aromatic nitrogens is 1. The fourth-order valence-electron chi connectivity index (χ4n) is 4.50. The molecule has 1 aliphatic rings. The molecule has 7 heteroatoms. The van der Waals surface area contributed by atoms with Crippen LogP contribution in [0, 0.1) is 0 Å². The number of fused-ring (bicyclic) bond motifs is 1. The number of amides is 2. The van der Waals surface area contributed by atoms with E-state index < -0.39 is 0 Å². The van der Waals surface area contributed by atoms with Crippen LogP contribution in [0.1, 0.15) is 47.2 Å². The minimum atomic E-state index is -0.147. The van der Waals surface area contributed by atoms with Crippen LogP contribution in [0.5, 0.6) is 0 Å². The number of carbonyl (C=O) groups excluding carboxylic acids is 2. The Bertz CT molecular complexity index is 1410. The number of rotatable bonds is 3. The molecular formula is C29H28BrN3O3. The average molecular weight is 546 g/mol. The number of hydrogen-bond acceptors (Lipinski definition) is 4. The van der Waals surface area contributed by atoms with E-state index in [1.54, 1.807) is 17.0 Å². The number of nitrogens with zero attached hydrogens (tertiary/aromatic N) is 3. The Morgan fingerprint density at radius 2 is 1.56 bits per heavy atom. The number of pyridine rings is 1. The molecular weight excluding hydrogens is 518 g/mol. The summed E-state index contributed by atoms with van der Waals surface area (Å²) in [5, 5.41) is 0.804. The molecule has 2 amide bonds. The second kappa shape index (κ2) is 9.54. The predicted molar refractivity (Wildman–Crippen MR) is 144 cm³/mol. The van der Waals surface area contributed by atoms with E-state index in [1.807, 2.05) is 29.2 Å². The van der Waals surface area contributed by atoms with Crippen LogP contribution in [0.3, 0.4) is 0 Å². The first kappa shape index (κ1) is 24.3. The molecule has 6 nitrogen and oxygen atoms in total. The van der Waals surface area contributed by atoms with Gasteiger partial charge in [-0.1, -0.05) is 61.0 Å². The van der Waals surface area contributed by atoms with Gasteiger partial charge in [0.15, 0.2) is 5.76 Å².